The van der Waals surface area contributed by atoms with Crippen molar-refractivity contribution in [2.45, 2.75) is 32.1 Å². The van der Waals surface area contributed by atoms with Gasteiger partial charge in [0.05, 0.1) is 12.8 Å². The van der Waals surface area contributed by atoms with Crippen molar-refractivity contribution in [2.24, 2.45) is 5.92 Å². The Bertz CT molecular complexity index is 733. The molecule has 1 aliphatic rings. The van der Waals surface area contributed by atoms with Gasteiger partial charge in [-0.2, -0.15) is 5.10 Å². The first kappa shape index (κ1) is 17.0. The zero-order valence-electron chi connectivity index (χ0n) is 14.2. The highest BCUT2D eigenvalue weighted by atomic mass is 16.5. The fourth-order valence-electron chi connectivity index (χ4n) is 3.00. The molecular formula is C18H22N4O3. The standard InChI is InChI=1S/C18H22N4O3/c1-25-14-9-7-12(8-10-14)15-11-16(20-19-15)18(24)22-21-17(23)13-5-3-2-4-6-13/h7-11,13H,2-6H2,1H3,(H,19,20)(H,21,23)(H,22,24). The summed E-state index contributed by atoms with van der Waals surface area (Å²) >= 11 is 0. The quantitative estimate of drug-likeness (QED) is 0.744. The number of carbonyl (C=O) groups is 2. The lowest BCUT2D eigenvalue weighted by Gasteiger charge is -2.20. The smallest absolute Gasteiger partial charge is 0.287 e. The number of hydrogen-bond donors (Lipinski definition) is 3. The van der Waals surface area contributed by atoms with E-state index in [0.29, 0.717) is 5.69 Å². The number of amides is 2. The van der Waals surface area contributed by atoms with Crippen molar-refractivity contribution in [1.82, 2.24) is 21.0 Å². The second-order valence-electron chi connectivity index (χ2n) is 6.17. The molecule has 0 radical (unpaired) electrons. The van der Waals surface area contributed by atoms with Crippen LogP contribution in [0.3, 0.4) is 0 Å². The van der Waals surface area contributed by atoms with E-state index in [1.165, 1.54) is 6.42 Å². The summed E-state index contributed by atoms with van der Waals surface area (Å²) in [6.45, 7) is 0. The molecule has 0 atom stereocenters. The summed E-state index contributed by atoms with van der Waals surface area (Å²) in [5.74, 6) is 0.202. The van der Waals surface area contributed by atoms with Crippen LogP contribution in [0.5, 0.6) is 5.75 Å². The molecule has 7 nitrogen and oxygen atoms in total. The molecule has 0 spiro atoms. The number of aromatic nitrogens is 2. The van der Waals surface area contributed by atoms with Crippen molar-refractivity contribution < 1.29 is 14.3 Å². The van der Waals surface area contributed by atoms with Crippen LogP contribution in [-0.2, 0) is 4.79 Å². The molecule has 3 N–H and O–H groups in total. The average Bonchev–Trinajstić information content (AvgIpc) is 3.17. The molecule has 1 heterocycles. The van der Waals surface area contributed by atoms with E-state index < -0.39 is 5.91 Å². The maximum atomic E-state index is 12.2. The van der Waals surface area contributed by atoms with Gasteiger partial charge in [0.15, 0.2) is 0 Å². The first-order chi connectivity index (χ1) is 12.2. The number of aromatic amines is 1. The van der Waals surface area contributed by atoms with Crippen LogP contribution in [0.2, 0.25) is 0 Å². The number of H-pyrrole nitrogens is 1. The van der Waals surface area contributed by atoms with Gasteiger partial charge in [-0.15, -0.1) is 0 Å². The van der Waals surface area contributed by atoms with Crippen molar-refractivity contribution in [3.63, 3.8) is 0 Å². The minimum Gasteiger partial charge on any atom is -0.497 e. The number of carbonyl (C=O) groups excluding carboxylic acids is 2. The van der Waals surface area contributed by atoms with E-state index in [9.17, 15) is 9.59 Å². The fourth-order valence-corrected chi connectivity index (χ4v) is 3.00. The first-order valence-corrected chi connectivity index (χ1v) is 8.47. The molecule has 1 aliphatic carbocycles. The van der Waals surface area contributed by atoms with Gasteiger partial charge in [-0.25, -0.2) is 0 Å². The number of nitrogens with one attached hydrogen (secondary N) is 3. The molecule has 0 saturated heterocycles. The van der Waals surface area contributed by atoms with E-state index in [4.69, 9.17) is 4.74 Å². The van der Waals surface area contributed by atoms with Gasteiger partial charge < -0.3 is 4.74 Å². The fraction of sp³-hybridized carbons (Fsp3) is 0.389. The SMILES string of the molecule is COc1ccc(-c2cc(C(=O)NNC(=O)C3CCCCC3)[nH]n2)cc1. The summed E-state index contributed by atoms with van der Waals surface area (Å²) in [6.07, 6.45) is 5.08. The number of methoxy groups -OCH3 is 1. The Labute approximate surface area is 146 Å². The third-order valence-electron chi connectivity index (χ3n) is 4.48. The number of nitrogens with zero attached hydrogens (tertiary/aromatic N) is 1. The molecule has 3 rings (SSSR count). The van der Waals surface area contributed by atoms with Crippen LogP contribution in [-0.4, -0.2) is 29.1 Å². The van der Waals surface area contributed by atoms with Crippen LogP contribution in [0.15, 0.2) is 30.3 Å². The number of rotatable bonds is 4. The van der Waals surface area contributed by atoms with Crippen molar-refractivity contribution >= 4 is 11.8 Å². The highest BCUT2D eigenvalue weighted by Crippen LogP contribution is 2.23. The summed E-state index contributed by atoms with van der Waals surface area (Å²) in [4.78, 5) is 24.2. The van der Waals surface area contributed by atoms with E-state index in [1.807, 2.05) is 24.3 Å². The minimum atomic E-state index is -0.420. The second-order valence-corrected chi connectivity index (χ2v) is 6.17. The topological polar surface area (TPSA) is 96.1 Å². The molecule has 0 aliphatic heterocycles. The number of hydrazine groups is 1. The minimum absolute atomic E-state index is 0.00863. The zero-order chi connectivity index (χ0) is 17.6. The van der Waals surface area contributed by atoms with Crippen LogP contribution < -0.4 is 15.6 Å². The number of benzene rings is 1. The van der Waals surface area contributed by atoms with Crippen LogP contribution in [0, 0.1) is 5.92 Å². The Morgan fingerprint density at radius 3 is 2.52 bits per heavy atom. The van der Waals surface area contributed by atoms with Gasteiger partial charge in [-0.05, 0) is 43.2 Å². The highest BCUT2D eigenvalue weighted by Gasteiger charge is 2.21. The van der Waals surface area contributed by atoms with E-state index in [0.717, 1.165) is 37.0 Å². The Balaban J connectivity index is 1.57. The van der Waals surface area contributed by atoms with Crippen molar-refractivity contribution in [3.05, 3.63) is 36.0 Å². The zero-order valence-corrected chi connectivity index (χ0v) is 14.2. The van der Waals surface area contributed by atoms with E-state index in [-0.39, 0.29) is 17.5 Å². The molecule has 2 aromatic rings. The lowest BCUT2D eigenvalue weighted by atomic mass is 9.89. The van der Waals surface area contributed by atoms with E-state index >= 15 is 0 Å². The number of hydrogen-bond acceptors (Lipinski definition) is 4. The molecule has 2 amide bonds. The largest absolute Gasteiger partial charge is 0.497 e. The Kier molecular flexibility index (Phi) is 5.33. The Morgan fingerprint density at radius 1 is 1.12 bits per heavy atom. The lowest BCUT2D eigenvalue weighted by Crippen LogP contribution is -2.45. The van der Waals surface area contributed by atoms with Crippen LogP contribution >= 0.6 is 0 Å². The third kappa shape index (κ3) is 4.17. The molecule has 132 valence electrons. The van der Waals surface area contributed by atoms with Gasteiger partial charge in [0.2, 0.25) is 5.91 Å². The van der Waals surface area contributed by atoms with Gasteiger partial charge in [-0.3, -0.25) is 25.5 Å². The molecular weight excluding hydrogens is 320 g/mol. The van der Waals surface area contributed by atoms with Gasteiger partial charge in [0, 0.05) is 11.5 Å². The van der Waals surface area contributed by atoms with Crippen LogP contribution in [0.4, 0.5) is 0 Å². The van der Waals surface area contributed by atoms with Crippen molar-refractivity contribution in [3.8, 4) is 17.0 Å². The summed E-state index contributed by atoms with van der Waals surface area (Å²) in [5, 5.41) is 6.83. The maximum absolute atomic E-state index is 12.2. The van der Waals surface area contributed by atoms with Gasteiger partial charge in [0.1, 0.15) is 11.4 Å². The molecule has 25 heavy (non-hydrogen) atoms. The highest BCUT2D eigenvalue weighted by molar-refractivity contribution is 5.94. The molecule has 1 aromatic carbocycles. The van der Waals surface area contributed by atoms with Gasteiger partial charge in [0.25, 0.3) is 5.91 Å². The maximum Gasteiger partial charge on any atom is 0.287 e. The van der Waals surface area contributed by atoms with Crippen molar-refractivity contribution in [1.29, 1.82) is 0 Å². The second kappa shape index (κ2) is 7.83. The lowest BCUT2D eigenvalue weighted by molar-refractivity contribution is -0.126. The third-order valence-corrected chi connectivity index (χ3v) is 4.48. The first-order valence-electron chi connectivity index (χ1n) is 8.47. The van der Waals surface area contributed by atoms with E-state index in [1.54, 1.807) is 13.2 Å². The number of ether oxygens (including phenoxy) is 1. The molecule has 7 heteroatoms. The van der Waals surface area contributed by atoms with Gasteiger partial charge >= 0.3 is 0 Å². The summed E-state index contributed by atoms with van der Waals surface area (Å²) in [5.41, 5.74) is 6.76. The van der Waals surface area contributed by atoms with Gasteiger partial charge in [-0.1, -0.05) is 19.3 Å². The summed E-state index contributed by atoms with van der Waals surface area (Å²) < 4.78 is 5.12. The molecule has 0 bridgehead atoms. The molecule has 0 unspecified atom stereocenters. The molecule has 1 fully saturated rings. The Hall–Kier alpha value is -2.83. The van der Waals surface area contributed by atoms with Crippen LogP contribution in [0.1, 0.15) is 42.6 Å². The predicted octanol–water partition coefficient (Wildman–Crippen LogP) is 2.43. The van der Waals surface area contributed by atoms with Crippen molar-refractivity contribution in [2.75, 3.05) is 7.11 Å². The van der Waals surface area contributed by atoms with Crippen LogP contribution in [0.25, 0.3) is 11.3 Å². The predicted molar refractivity (Wildman–Crippen MR) is 92.8 cm³/mol. The normalized spacial score (nSPS) is 14.8. The Morgan fingerprint density at radius 2 is 1.84 bits per heavy atom. The summed E-state index contributed by atoms with van der Waals surface area (Å²) in [6, 6.07) is 9.02. The molecule has 1 aromatic heterocycles. The molecule has 1 saturated carbocycles. The summed E-state index contributed by atoms with van der Waals surface area (Å²) in [7, 11) is 1.60. The van der Waals surface area contributed by atoms with E-state index in [2.05, 4.69) is 21.0 Å². The average molecular weight is 342 g/mol. The monoisotopic (exact) mass is 342 g/mol.